The van der Waals surface area contributed by atoms with E-state index in [0.29, 0.717) is 11.1 Å². The van der Waals surface area contributed by atoms with Crippen LogP contribution in [0.4, 0.5) is 0 Å². The number of hydrogen-bond donors (Lipinski definition) is 1. The summed E-state index contributed by atoms with van der Waals surface area (Å²) in [6.45, 7) is 8.12. The SMILES string of the molecule is CC1(C)CCN(Cc2ccc3nc(CNC(=O)c4cc(=O)n5ccccc5n4)cn3c2)CC1. The van der Waals surface area contributed by atoms with E-state index in [0.717, 1.165) is 31.0 Å². The molecule has 0 radical (unpaired) electrons. The van der Waals surface area contributed by atoms with Gasteiger partial charge in [-0.3, -0.25) is 18.9 Å². The van der Waals surface area contributed by atoms with Crippen LogP contribution in [0.2, 0.25) is 0 Å². The van der Waals surface area contributed by atoms with Gasteiger partial charge in [0.2, 0.25) is 0 Å². The Hall–Kier alpha value is -3.52. The molecule has 1 N–H and O–H groups in total. The molecule has 1 fully saturated rings. The molecule has 8 nitrogen and oxygen atoms in total. The lowest BCUT2D eigenvalue weighted by atomic mass is 9.82. The number of rotatable bonds is 5. The third-order valence-corrected chi connectivity index (χ3v) is 6.41. The maximum absolute atomic E-state index is 12.6. The van der Waals surface area contributed by atoms with Crippen molar-refractivity contribution >= 4 is 17.2 Å². The minimum atomic E-state index is -0.399. The van der Waals surface area contributed by atoms with E-state index in [4.69, 9.17) is 0 Å². The second kappa shape index (κ2) is 8.44. The van der Waals surface area contributed by atoms with Gasteiger partial charge in [0, 0.05) is 31.2 Å². The number of piperidine rings is 1. The van der Waals surface area contributed by atoms with Crippen LogP contribution in [0.5, 0.6) is 0 Å². The van der Waals surface area contributed by atoms with E-state index in [2.05, 4.69) is 46.3 Å². The summed E-state index contributed by atoms with van der Waals surface area (Å²) in [5.74, 6) is -0.399. The average molecular weight is 445 g/mol. The minimum Gasteiger partial charge on any atom is -0.345 e. The number of aromatic nitrogens is 4. The molecule has 0 aromatic carbocycles. The number of nitrogens with zero attached hydrogens (tertiary/aromatic N) is 5. The number of amides is 1. The van der Waals surface area contributed by atoms with E-state index in [1.807, 2.05) is 16.7 Å². The summed E-state index contributed by atoms with van der Waals surface area (Å²) in [5, 5.41) is 2.82. The topological polar surface area (TPSA) is 84.0 Å². The predicted molar refractivity (Wildman–Crippen MR) is 126 cm³/mol. The van der Waals surface area contributed by atoms with Crippen LogP contribution < -0.4 is 10.9 Å². The zero-order chi connectivity index (χ0) is 23.0. The van der Waals surface area contributed by atoms with Gasteiger partial charge in [-0.15, -0.1) is 0 Å². The van der Waals surface area contributed by atoms with Gasteiger partial charge in [-0.1, -0.05) is 26.0 Å². The molecule has 1 aliphatic heterocycles. The summed E-state index contributed by atoms with van der Waals surface area (Å²) < 4.78 is 3.41. The van der Waals surface area contributed by atoms with E-state index in [-0.39, 0.29) is 17.8 Å². The molecule has 4 aromatic heterocycles. The number of nitrogens with one attached hydrogen (secondary N) is 1. The Kier molecular flexibility index (Phi) is 5.46. The van der Waals surface area contributed by atoms with Crippen molar-refractivity contribution < 1.29 is 4.79 Å². The molecule has 0 atom stereocenters. The normalized spacial score (nSPS) is 16.3. The van der Waals surface area contributed by atoms with Gasteiger partial charge in [0.1, 0.15) is 17.0 Å². The van der Waals surface area contributed by atoms with Crippen LogP contribution in [0.25, 0.3) is 11.3 Å². The monoisotopic (exact) mass is 444 g/mol. The van der Waals surface area contributed by atoms with Crippen molar-refractivity contribution in [1.82, 2.24) is 29.0 Å². The Morgan fingerprint density at radius 2 is 1.88 bits per heavy atom. The number of pyridine rings is 2. The van der Waals surface area contributed by atoms with Crippen molar-refractivity contribution in [2.75, 3.05) is 13.1 Å². The van der Waals surface area contributed by atoms with Gasteiger partial charge in [-0.25, -0.2) is 9.97 Å². The molecule has 0 spiro atoms. The first-order valence-corrected chi connectivity index (χ1v) is 11.3. The Balaban J connectivity index is 1.25. The highest BCUT2D eigenvalue weighted by atomic mass is 16.2. The van der Waals surface area contributed by atoms with E-state index in [9.17, 15) is 9.59 Å². The summed E-state index contributed by atoms with van der Waals surface area (Å²) >= 11 is 0. The largest absolute Gasteiger partial charge is 0.345 e. The van der Waals surface area contributed by atoms with Gasteiger partial charge in [0.25, 0.3) is 11.5 Å². The number of imidazole rings is 1. The third-order valence-electron chi connectivity index (χ3n) is 6.41. The molecule has 0 aliphatic carbocycles. The first-order chi connectivity index (χ1) is 15.9. The highest BCUT2D eigenvalue weighted by Gasteiger charge is 2.25. The number of carbonyl (C=O) groups excluding carboxylic acids is 1. The van der Waals surface area contributed by atoms with E-state index < -0.39 is 5.91 Å². The smallest absolute Gasteiger partial charge is 0.270 e. The molecule has 1 amide bonds. The Morgan fingerprint density at radius 1 is 1.06 bits per heavy atom. The predicted octanol–water partition coefficient (Wildman–Crippen LogP) is 2.89. The standard InChI is InChI=1S/C25H28N6O2/c1-25(2)8-11-29(12-9-25)15-18-6-7-21-27-19(17-30(21)16-18)14-26-24(33)20-13-23(32)31-10-4-3-5-22(31)28-20/h3-7,10,13,16-17H,8-9,11-12,14-15H2,1-2H3,(H,26,33). The summed E-state index contributed by atoms with van der Waals surface area (Å²) in [7, 11) is 0. The maximum atomic E-state index is 12.6. The molecule has 0 saturated carbocycles. The Morgan fingerprint density at radius 3 is 2.70 bits per heavy atom. The molecular weight excluding hydrogens is 416 g/mol. The minimum absolute atomic E-state index is 0.0990. The molecular formula is C25H28N6O2. The van der Waals surface area contributed by atoms with E-state index >= 15 is 0 Å². The van der Waals surface area contributed by atoms with Crippen molar-refractivity contribution in [1.29, 1.82) is 0 Å². The molecule has 1 aliphatic rings. The van der Waals surface area contributed by atoms with Crippen LogP contribution >= 0.6 is 0 Å². The van der Waals surface area contributed by atoms with Gasteiger partial charge < -0.3 is 9.72 Å². The Bertz CT molecular complexity index is 1380. The van der Waals surface area contributed by atoms with Crippen molar-refractivity contribution in [3.05, 3.63) is 82.3 Å². The van der Waals surface area contributed by atoms with Gasteiger partial charge in [-0.05, 0) is 55.1 Å². The second-order valence-electron chi connectivity index (χ2n) is 9.57. The molecule has 0 unspecified atom stereocenters. The van der Waals surface area contributed by atoms with Gasteiger partial charge >= 0.3 is 0 Å². The van der Waals surface area contributed by atoms with Gasteiger partial charge in [0.05, 0.1) is 12.2 Å². The van der Waals surface area contributed by atoms with Gasteiger partial charge in [-0.2, -0.15) is 0 Å². The van der Waals surface area contributed by atoms with Crippen molar-refractivity contribution in [2.24, 2.45) is 5.41 Å². The molecule has 33 heavy (non-hydrogen) atoms. The number of fused-ring (bicyclic) bond motifs is 2. The van der Waals surface area contributed by atoms with Crippen LogP contribution in [-0.2, 0) is 13.1 Å². The average Bonchev–Trinajstić information content (AvgIpc) is 3.21. The van der Waals surface area contributed by atoms with Crippen LogP contribution in [0.3, 0.4) is 0 Å². The fraction of sp³-hybridized carbons (Fsp3) is 0.360. The summed E-state index contributed by atoms with van der Waals surface area (Å²) in [5.41, 5.74) is 3.53. The lowest BCUT2D eigenvalue weighted by Crippen LogP contribution is -2.36. The van der Waals surface area contributed by atoms with Crippen LogP contribution in [-0.4, -0.2) is 42.7 Å². The highest BCUT2D eigenvalue weighted by Crippen LogP contribution is 2.30. The quantitative estimate of drug-likeness (QED) is 0.512. The lowest BCUT2D eigenvalue weighted by molar-refractivity contribution is 0.0945. The number of carbonyl (C=O) groups is 1. The summed E-state index contributed by atoms with van der Waals surface area (Å²) in [6.07, 6.45) is 8.12. The van der Waals surface area contributed by atoms with E-state index in [1.54, 1.807) is 24.4 Å². The van der Waals surface area contributed by atoms with Crippen molar-refractivity contribution in [3.63, 3.8) is 0 Å². The first kappa shape index (κ1) is 21.3. The lowest BCUT2D eigenvalue weighted by Gasteiger charge is -2.36. The van der Waals surface area contributed by atoms with Crippen molar-refractivity contribution in [2.45, 2.75) is 39.8 Å². The molecule has 5 rings (SSSR count). The first-order valence-electron chi connectivity index (χ1n) is 11.3. The maximum Gasteiger partial charge on any atom is 0.270 e. The van der Waals surface area contributed by atoms with E-state index in [1.165, 1.54) is 28.9 Å². The summed E-state index contributed by atoms with van der Waals surface area (Å²) in [6, 6.07) is 10.6. The van der Waals surface area contributed by atoms with Crippen LogP contribution in [0, 0.1) is 5.41 Å². The van der Waals surface area contributed by atoms with Crippen molar-refractivity contribution in [3.8, 4) is 0 Å². The molecule has 4 aromatic rings. The number of hydrogen-bond acceptors (Lipinski definition) is 5. The van der Waals surface area contributed by atoms with Gasteiger partial charge in [0.15, 0.2) is 0 Å². The highest BCUT2D eigenvalue weighted by molar-refractivity contribution is 5.92. The molecule has 170 valence electrons. The molecule has 5 heterocycles. The second-order valence-corrected chi connectivity index (χ2v) is 9.57. The molecule has 1 saturated heterocycles. The zero-order valence-corrected chi connectivity index (χ0v) is 19.0. The van der Waals surface area contributed by atoms with Crippen LogP contribution in [0.1, 0.15) is 48.4 Å². The summed E-state index contributed by atoms with van der Waals surface area (Å²) in [4.78, 5) is 36.2. The van der Waals surface area contributed by atoms with Crippen LogP contribution in [0.15, 0.2) is 59.8 Å². The fourth-order valence-electron chi connectivity index (χ4n) is 4.28. The number of likely N-dealkylation sites (tertiary alicyclic amines) is 1. The Labute approximate surface area is 191 Å². The third kappa shape index (κ3) is 4.66. The fourth-order valence-corrected chi connectivity index (χ4v) is 4.28. The zero-order valence-electron chi connectivity index (χ0n) is 19.0. The molecule has 8 heteroatoms. The molecule has 0 bridgehead atoms.